The molecule has 92 valence electrons. The molecule has 3 nitrogen and oxygen atoms in total. The van der Waals surface area contributed by atoms with Crippen LogP contribution in [-0.4, -0.2) is 23.4 Å². The van der Waals surface area contributed by atoms with E-state index in [1.807, 2.05) is 12.1 Å². The van der Waals surface area contributed by atoms with Crippen molar-refractivity contribution in [1.82, 2.24) is 4.98 Å². The Balaban J connectivity index is 2.14. The predicted octanol–water partition coefficient (Wildman–Crippen LogP) is 2.91. The molecule has 0 spiro atoms. The molecule has 0 N–H and O–H groups in total. The molecule has 0 aliphatic carbocycles. The Labute approximate surface area is 103 Å². The van der Waals surface area contributed by atoms with Gasteiger partial charge in [-0.05, 0) is 44.7 Å². The minimum Gasteiger partial charge on any atom is -0.354 e. The molecule has 1 aromatic heterocycles. The van der Waals surface area contributed by atoms with Crippen LogP contribution in [0, 0.1) is 5.92 Å². The molecule has 1 aliphatic heterocycles. The number of rotatable bonds is 2. The minimum atomic E-state index is 0.0735. The molecular formula is C14H20N2O. The average Bonchev–Trinajstić information content (AvgIpc) is 2.29. The molecule has 0 aromatic carbocycles. The van der Waals surface area contributed by atoms with Crippen LogP contribution in [0.2, 0.25) is 0 Å². The fourth-order valence-corrected chi connectivity index (χ4v) is 2.51. The van der Waals surface area contributed by atoms with E-state index in [0.717, 1.165) is 18.3 Å². The second-order valence-corrected chi connectivity index (χ2v) is 5.13. The van der Waals surface area contributed by atoms with Crippen LogP contribution in [0.5, 0.6) is 0 Å². The van der Waals surface area contributed by atoms with Crippen LogP contribution in [0.15, 0.2) is 18.3 Å². The summed E-state index contributed by atoms with van der Waals surface area (Å²) in [6.07, 6.45) is 4.12. The van der Waals surface area contributed by atoms with Crippen molar-refractivity contribution in [3.63, 3.8) is 0 Å². The molecule has 0 saturated carbocycles. The fraction of sp³-hybridized carbons (Fsp3) is 0.571. The minimum absolute atomic E-state index is 0.0735. The Kier molecular flexibility index (Phi) is 3.46. The highest BCUT2D eigenvalue weighted by molar-refractivity contribution is 5.93. The summed E-state index contributed by atoms with van der Waals surface area (Å²) in [5.74, 6) is 1.87. The maximum absolute atomic E-state index is 11.2. The summed E-state index contributed by atoms with van der Waals surface area (Å²) in [5.41, 5.74) is 0.687. The van der Waals surface area contributed by atoms with E-state index in [2.05, 4.69) is 23.7 Å². The van der Waals surface area contributed by atoms with Crippen LogP contribution in [0.25, 0.3) is 0 Å². The first-order chi connectivity index (χ1) is 8.08. The van der Waals surface area contributed by atoms with E-state index in [0.29, 0.717) is 11.6 Å². The number of hydrogen-bond acceptors (Lipinski definition) is 3. The zero-order valence-corrected chi connectivity index (χ0v) is 10.8. The second kappa shape index (κ2) is 4.86. The summed E-state index contributed by atoms with van der Waals surface area (Å²) in [5, 5.41) is 0. The Morgan fingerprint density at radius 3 is 2.71 bits per heavy atom. The highest BCUT2D eigenvalue weighted by atomic mass is 16.1. The van der Waals surface area contributed by atoms with E-state index in [-0.39, 0.29) is 5.78 Å². The SMILES string of the molecule is CC(=O)c1ccc(N2CCC(C)CC2C)nc1. The van der Waals surface area contributed by atoms with Gasteiger partial charge in [0.2, 0.25) is 0 Å². The number of hydrogen-bond donors (Lipinski definition) is 0. The van der Waals surface area contributed by atoms with Crippen molar-refractivity contribution in [3.05, 3.63) is 23.9 Å². The molecule has 2 unspecified atom stereocenters. The summed E-state index contributed by atoms with van der Waals surface area (Å²) in [7, 11) is 0. The van der Waals surface area contributed by atoms with Gasteiger partial charge in [-0.1, -0.05) is 6.92 Å². The van der Waals surface area contributed by atoms with Gasteiger partial charge in [-0.3, -0.25) is 4.79 Å². The number of anilines is 1. The van der Waals surface area contributed by atoms with Crippen LogP contribution in [0.1, 0.15) is 44.0 Å². The van der Waals surface area contributed by atoms with Crippen LogP contribution < -0.4 is 4.90 Å². The Bertz CT molecular complexity index is 399. The van der Waals surface area contributed by atoms with Gasteiger partial charge in [-0.2, -0.15) is 0 Å². The third-order valence-electron chi connectivity index (χ3n) is 3.59. The van der Waals surface area contributed by atoms with E-state index in [1.54, 1.807) is 13.1 Å². The molecule has 2 rings (SSSR count). The van der Waals surface area contributed by atoms with Crippen molar-refractivity contribution in [2.75, 3.05) is 11.4 Å². The normalized spacial score (nSPS) is 24.8. The summed E-state index contributed by atoms with van der Waals surface area (Å²) in [6.45, 7) is 7.19. The van der Waals surface area contributed by atoms with Crippen molar-refractivity contribution >= 4 is 11.6 Å². The Morgan fingerprint density at radius 2 is 2.18 bits per heavy atom. The van der Waals surface area contributed by atoms with E-state index in [9.17, 15) is 4.79 Å². The molecule has 2 atom stereocenters. The number of piperidine rings is 1. The monoisotopic (exact) mass is 232 g/mol. The van der Waals surface area contributed by atoms with Crippen LogP contribution in [0.3, 0.4) is 0 Å². The largest absolute Gasteiger partial charge is 0.354 e. The molecule has 1 saturated heterocycles. The molecule has 17 heavy (non-hydrogen) atoms. The zero-order valence-electron chi connectivity index (χ0n) is 10.8. The molecule has 1 aliphatic rings. The summed E-state index contributed by atoms with van der Waals surface area (Å²) >= 11 is 0. The summed E-state index contributed by atoms with van der Waals surface area (Å²) in [6, 6.07) is 4.37. The molecule has 0 radical (unpaired) electrons. The standard InChI is InChI=1S/C14H20N2O/c1-10-6-7-16(11(2)8-10)14-5-4-13(9-15-14)12(3)17/h4-5,9-11H,6-8H2,1-3H3. The van der Waals surface area contributed by atoms with Crippen molar-refractivity contribution in [1.29, 1.82) is 0 Å². The van der Waals surface area contributed by atoms with Gasteiger partial charge in [-0.25, -0.2) is 4.98 Å². The summed E-state index contributed by atoms with van der Waals surface area (Å²) < 4.78 is 0. The number of ketones is 1. The third kappa shape index (κ3) is 2.65. The van der Waals surface area contributed by atoms with Gasteiger partial charge in [0.05, 0.1) is 0 Å². The molecule has 2 heterocycles. The van der Waals surface area contributed by atoms with Crippen molar-refractivity contribution < 1.29 is 4.79 Å². The lowest BCUT2D eigenvalue weighted by Crippen LogP contribution is -2.40. The third-order valence-corrected chi connectivity index (χ3v) is 3.59. The smallest absolute Gasteiger partial charge is 0.161 e. The number of aromatic nitrogens is 1. The van der Waals surface area contributed by atoms with E-state index < -0.39 is 0 Å². The van der Waals surface area contributed by atoms with Gasteiger partial charge in [0.25, 0.3) is 0 Å². The zero-order chi connectivity index (χ0) is 12.4. The van der Waals surface area contributed by atoms with Crippen LogP contribution in [0.4, 0.5) is 5.82 Å². The first-order valence-electron chi connectivity index (χ1n) is 6.31. The number of carbonyl (C=O) groups is 1. The fourth-order valence-electron chi connectivity index (χ4n) is 2.51. The molecule has 1 aromatic rings. The van der Waals surface area contributed by atoms with E-state index in [1.165, 1.54) is 12.8 Å². The Hall–Kier alpha value is -1.38. The van der Waals surface area contributed by atoms with Crippen LogP contribution >= 0.6 is 0 Å². The van der Waals surface area contributed by atoms with Gasteiger partial charge in [-0.15, -0.1) is 0 Å². The average molecular weight is 232 g/mol. The Morgan fingerprint density at radius 1 is 1.41 bits per heavy atom. The highest BCUT2D eigenvalue weighted by Gasteiger charge is 2.23. The van der Waals surface area contributed by atoms with Gasteiger partial charge >= 0.3 is 0 Å². The van der Waals surface area contributed by atoms with Gasteiger partial charge in [0.15, 0.2) is 5.78 Å². The van der Waals surface area contributed by atoms with Crippen molar-refractivity contribution in [2.24, 2.45) is 5.92 Å². The number of Topliss-reactive ketones (excluding diaryl/α,β-unsaturated/α-hetero) is 1. The predicted molar refractivity (Wildman–Crippen MR) is 69.4 cm³/mol. The lowest BCUT2D eigenvalue weighted by Gasteiger charge is -2.37. The number of nitrogens with zero attached hydrogens (tertiary/aromatic N) is 2. The lowest BCUT2D eigenvalue weighted by molar-refractivity contribution is 0.101. The van der Waals surface area contributed by atoms with Gasteiger partial charge in [0, 0.05) is 24.3 Å². The quantitative estimate of drug-likeness (QED) is 0.735. The lowest BCUT2D eigenvalue weighted by atomic mass is 9.93. The van der Waals surface area contributed by atoms with E-state index in [4.69, 9.17) is 0 Å². The maximum Gasteiger partial charge on any atom is 0.161 e. The topological polar surface area (TPSA) is 33.2 Å². The molecule has 0 amide bonds. The maximum atomic E-state index is 11.2. The number of pyridine rings is 1. The van der Waals surface area contributed by atoms with E-state index >= 15 is 0 Å². The van der Waals surface area contributed by atoms with Crippen molar-refractivity contribution in [3.8, 4) is 0 Å². The van der Waals surface area contributed by atoms with Gasteiger partial charge < -0.3 is 4.90 Å². The first-order valence-corrected chi connectivity index (χ1v) is 6.31. The summed E-state index contributed by atoms with van der Waals surface area (Å²) in [4.78, 5) is 17.9. The van der Waals surface area contributed by atoms with Crippen LogP contribution in [-0.2, 0) is 0 Å². The molecule has 0 bridgehead atoms. The molecular weight excluding hydrogens is 212 g/mol. The first kappa shape index (κ1) is 12.1. The number of carbonyl (C=O) groups excluding carboxylic acids is 1. The van der Waals surface area contributed by atoms with Crippen molar-refractivity contribution in [2.45, 2.75) is 39.7 Å². The molecule has 1 fully saturated rings. The highest BCUT2D eigenvalue weighted by Crippen LogP contribution is 2.26. The second-order valence-electron chi connectivity index (χ2n) is 5.13. The molecule has 3 heteroatoms. The van der Waals surface area contributed by atoms with Gasteiger partial charge in [0.1, 0.15) is 5.82 Å².